The summed E-state index contributed by atoms with van der Waals surface area (Å²) in [5.74, 6) is -0.354. The third kappa shape index (κ3) is 4.66. The molecule has 0 spiro atoms. The maximum absolute atomic E-state index is 12.8. The number of hydrogen-bond acceptors (Lipinski definition) is 4. The quantitative estimate of drug-likeness (QED) is 0.370. The van der Waals surface area contributed by atoms with E-state index in [0.29, 0.717) is 22.3 Å². The fourth-order valence-electron chi connectivity index (χ4n) is 3.13. The predicted octanol–water partition coefficient (Wildman–Crippen LogP) is 6.33. The lowest BCUT2D eigenvalue weighted by Crippen LogP contribution is -2.21. The van der Waals surface area contributed by atoms with E-state index >= 15 is 0 Å². The minimum absolute atomic E-state index is 0.312. The first-order chi connectivity index (χ1) is 13.9. The number of thiocarbonyl (C=S) groups is 1. The van der Waals surface area contributed by atoms with Gasteiger partial charge in [-0.1, -0.05) is 42.5 Å². The standard InChI is InChI=1S/C23H24N2O2S2/c1-5-27-22(26)20-19(17-11-7-6-8-12-17)16(4)29-21(20)25-23(28)24-18-13-9-10-14(2)15(18)3/h6-13H,5H2,1-4H3,(H2,24,25,28). The van der Waals surface area contributed by atoms with Crippen molar-refractivity contribution < 1.29 is 9.53 Å². The van der Waals surface area contributed by atoms with Gasteiger partial charge in [-0.3, -0.25) is 0 Å². The summed E-state index contributed by atoms with van der Waals surface area (Å²) in [5.41, 5.74) is 5.64. The Labute approximate surface area is 180 Å². The molecule has 1 heterocycles. The number of rotatable bonds is 5. The average Bonchev–Trinajstić information content (AvgIpc) is 3.02. The van der Waals surface area contributed by atoms with E-state index in [9.17, 15) is 4.79 Å². The zero-order chi connectivity index (χ0) is 21.0. The molecule has 0 bridgehead atoms. The van der Waals surface area contributed by atoms with Gasteiger partial charge in [0, 0.05) is 16.1 Å². The molecule has 0 amide bonds. The highest BCUT2D eigenvalue weighted by Gasteiger charge is 2.25. The fourth-order valence-corrected chi connectivity index (χ4v) is 4.47. The summed E-state index contributed by atoms with van der Waals surface area (Å²) in [5, 5.41) is 7.57. The van der Waals surface area contributed by atoms with Crippen molar-refractivity contribution in [1.29, 1.82) is 0 Å². The van der Waals surface area contributed by atoms with Crippen LogP contribution in [0, 0.1) is 20.8 Å². The van der Waals surface area contributed by atoms with Crippen LogP contribution >= 0.6 is 23.6 Å². The Kier molecular flexibility index (Phi) is 6.67. The van der Waals surface area contributed by atoms with E-state index in [2.05, 4.69) is 23.6 Å². The first-order valence-electron chi connectivity index (χ1n) is 9.42. The molecule has 0 fully saturated rings. The average molecular weight is 425 g/mol. The Balaban J connectivity index is 1.95. The number of nitrogens with one attached hydrogen (secondary N) is 2. The lowest BCUT2D eigenvalue weighted by molar-refractivity contribution is 0.0529. The number of carbonyl (C=O) groups is 1. The molecule has 0 aliphatic rings. The van der Waals surface area contributed by atoms with Gasteiger partial charge in [-0.05, 0) is 62.7 Å². The van der Waals surface area contributed by atoms with Crippen LogP contribution in [0.5, 0.6) is 0 Å². The number of benzene rings is 2. The number of aryl methyl sites for hydroxylation is 2. The van der Waals surface area contributed by atoms with Gasteiger partial charge in [0.2, 0.25) is 0 Å². The van der Waals surface area contributed by atoms with Crippen molar-refractivity contribution in [3.05, 3.63) is 70.1 Å². The van der Waals surface area contributed by atoms with Crippen molar-refractivity contribution in [3.8, 4) is 11.1 Å². The van der Waals surface area contributed by atoms with Gasteiger partial charge in [0.05, 0.1) is 6.61 Å². The molecule has 0 radical (unpaired) electrons. The van der Waals surface area contributed by atoms with E-state index in [1.54, 1.807) is 6.92 Å². The molecule has 0 aliphatic carbocycles. The number of ether oxygens (including phenoxy) is 1. The molecule has 2 aromatic carbocycles. The minimum Gasteiger partial charge on any atom is -0.462 e. The zero-order valence-electron chi connectivity index (χ0n) is 17.0. The first kappa shape index (κ1) is 21.0. The normalized spacial score (nSPS) is 10.5. The van der Waals surface area contributed by atoms with Gasteiger partial charge in [0.1, 0.15) is 10.6 Å². The second kappa shape index (κ2) is 9.20. The van der Waals surface area contributed by atoms with Crippen LogP contribution in [0.15, 0.2) is 48.5 Å². The zero-order valence-corrected chi connectivity index (χ0v) is 18.6. The van der Waals surface area contributed by atoms with Gasteiger partial charge in [-0.25, -0.2) is 4.79 Å². The van der Waals surface area contributed by atoms with Gasteiger partial charge in [-0.15, -0.1) is 11.3 Å². The van der Waals surface area contributed by atoms with Crippen LogP contribution < -0.4 is 10.6 Å². The van der Waals surface area contributed by atoms with Gasteiger partial charge in [0.15, 0.2) is 5.11 Å². The van der Waals surface area contributed by atoms with Crippen molar-refractivity contribution in [2.45, 2.75) is 27.7 Å². The van der Waals surface area contributed by atoms with E-state index in [1.165, 1.54) is 16.9 Å². The molecule has 0 aliphatic heterocycles. The van der Waals surface area contributed by atoms with Gasteiger partial charge in [0.25, 0.3) is 0 Å². The number of esters is 1. The molecule has 2 N–H and O–H groups in total. The largest absolute Gasteiger partial charge is 0.462 e. The van der Waals surface area contributed by atoms with Crippen molar-refractivity contribution in [2.75, 3.05) is 17.2 Å². The molecular weight excluding hydrogens is 400 g/mol. The van der Waals surface area contributed by atoms with E-state index in [4.69, 9.17) is 17.0 Å². The lowest BCUT2D eigenvalue weighted by Gasteiger charge is -2.14. The molecule has 3 aromatic rings. The summed E-state index contributed by atoms with van der Waals surface area (Å²) in [6.07, 6.45) is 0. The maximum atomic E-state index is 12.8. The van der Waals surface area contributed by atoms with Crippen molar-refractivity contribution >= 4 is 45.3 Å². The molecule has 0 saturated heterocycles. The monoisotopic (exact) mass is 424 g/mol. The van der Waals surface area contributed by atoms with Gasteiger partial charge in [-0.2, -0.15) is 0 Å². The molecule has 0 unspecified atom stereocenters. The highest BCUT2D eigenvalue weighted by atomic mass is 32.1. The minimum atomic E-state index is -0.354. The third-order valence-electron chi connectivity index (χ3n) is 4.71. The second-order valence-corrected chi connectivity index (χ2v) is 8.28. The van der Waals surface area contributed by atoms with Crippen molar-refractivity contribution in [1.82, 2.24) is 0 Å². The molecule has 0 atom stereocenters. The predicted molar refractivity (Wildman–Crippen MR) is 126 cm³/mol. The number of carbonyl (C=O) groups excluding carboxylic acids is 1. The summed E-state index contributed by atoms with van der Waals surface area (Å²) >= 11 is 7.03. The van der Waals surface area contributed by atoms with Crippen LogP contribution in [0.4, 0.5) is 10.7 Å². The Morgan fingerprint density at radius 2 is 1.76 bits per heavy atom. The van der Waals surface area contributed by atoms with Gasteiger partial charge < -0.3 is 15.4 Å². The van der Waals surface area contributed by atoms with E-state index < -0.39 is 0 Å². The Morgan fingerprint density at radius 1 is 1.03 bits per heavy atom. The number of hydrogen-bond donors (Lipinski definition) is 2. The third-order valence-corrected chi connectivity index (χ3v) is 5.93. The molecule has 29 heavy (non-hydrogen) atoms. The lowest BCUT2D eigenvalue weighted by atomic mass is 10.0. The van der Waals surface area contributed by atoms with Crippen LogP contribution in [-0.2, 0) is 4.74 Å². The highest BCUT2D eigenvalue weighted by molar-refractivity contribution is 7.80. The summed E-state index contributed by atoms with van der Waals surface area (Å²) in [6.45, 7) is 8.23. The molecule has 0 saturated carbocycles. The van der Waals surface area contributed by atoms with Crippen molar-refractivity contribution in [2.24, 2.45) is 0 Å². The van der Waals surface area contributed by atoms with Crippen LogP contribution in [-0.4, -0.2) is 17.7 Å². The number of anilines is 2. The smallest absolute Gasteiger partial charge is 0.341 e. The Hall–Kier alpha value is -2.70. The van der Waals surface area contributed by atoms with Crippen LogP contribution in [0.2, 0.25) is 0 Å². The fraction of sp³-hybridized carbons (Fsp3) is 0.217. The first-order valence-corrected chi connectivity index (χ1v) is 10.6. The van der Waals surface area contributed by atoms with Crippen LogP contribution in [0.25, 0.3) is 11.1 Å². The van der Waals surface area contributed by atoms with E-state index in [0.717, 1.165) is 27.3 Å². The Bertz CT molecular complexity index is 1040. The second-order valence-electron chi connectivity index (χ2n) is 6.65. The van der Waals surface area contributed by atoms with E-state index in [1.807, 2.05) is 56.3 Å². The maximum Gasteiger partial charge on any atom is 0.341 e. The molecular formula is C23H24N2O2S2. The Morgan fingerprint density at radius 3 is 2.45 bits per heavy atom. The molecule has 6 heteroatoms. The summed E-state index contributed by atoms with van der Waals surface area (Å²) in [7, 11) is 0. The summed E-state index contributed by atoms with van der Waals surface area (Å²) < 4.78 is 5.34. The van der Waals surface area contributed by atoms with E-state index in [-0.39, 0.29) is 5.97 Å². The molecule has 4 nitrogen and oxygen atoms in total. The molecule has 3 rings (SSSR count). The highest BCUT2D eigenvalue weighted by Crippen LogP contribution is 2.40. The topological polar surface area (TPSA) is 50.4 Å². The van der Waals surface area contributed by atoms with Gasteiger partial charge >= 0.3 is 5.97 Å². The summed E-state index contributed by atoms with van der Waals surface area (Å²) in [6, 6.07) is 15.9. The number of thiophene rings is 1. The summed E-state index contributed by atoms with van der Waals surface area (Å²) in [4.78, 5) is 13.8. The SMILES string of the molecule is CCOC(=O)c1c(NC(=S)Nc2cccc(C)c2C)sc(C)c1-c1ccccc1. The molecule has 1 aromatic heterocycles. The van der Waals surface area contributed by atoms with Crippen LogP contribution in [0.3, 0.4) is 0 Å². The van der Waals surface area contributed by atoms with Crippen molar-refractivity contribution in [3.63, 3.8) is 0 Å². The molecule has 150 valence electrons. The van der Waals surface area contributed by atoms with Crippen LogP contribution in [0.1, 0.15) is 33.3 Å².